The summed E-state index contributed by atoms with van der Waals surface area (Å²) >= 11 is 0. The quantitative estimate of drug-likeness (QED) is 0.729. The highest BCUT2D eigenvalue weighted by Gasteiger charge is 2.25. The van der Waals surface area contributed by atoms with Crippen molar-refractivity contribution in [1.82, 2.24) is 5.32 Å². The lowest BCUT2D eigenvalue weighted by Crippen LogP contribution is -2.48. The maximum atomic E-state index is 9.51. The van der Waals surface area contributed by atoms with Crippen LogP contribution < -0.4 is 10.1 Å². The van der Waals surface area contributed by atoms with Gasteiger partial charge in [-0.25, -0.2) is 0 Å². The summed E-state index contributed by atoms with van der Waals surface area (Å²) in [6.45, 7) is 9.26. The van der Waals surface area contributed by atoms with Crippen molar-refractivity contribution < 1.29 is 9.84 Å². The number of aliphatic hydroxyl groups is 1. The minimum absolute atomic E-state index is 0.0585. The van der Waals surface area contributed by atoms with E-state index >= 15 is 0 Å². The van der Waals surface area contributed by atoms with Crippen molar-refractivity contribution in [3.05, 3.63) is 29.8 Å². The Hall–Kier alpha value is -1.06. The number of aryl methyl sites for hydroxylation is 1. The third-order valence-electron chi connectivity index (χ3n) is 3.49. The summed E-state index contributed by atoms with van der Waals surface area (Å²) in [5, 5.41) is 12.8. The first-order valence-electron chi connectivity index (χ1n) is 7.64. The first kappa shape index (κ1) is 17.0. The standard InChI is InChI=1S/C17H29NO2/c1-5-7-15-8-10-16(11-9-15)20-14(3)12-17(4,13-19)18-6-2/h8-11,14,18-19H,5-7,12-13H2,1-4H3. The second-order valence-electron chi connectivity index (χ2n) is 5.78. The minimum Gasteiger partial charge on any atom is -0.491 e. The van der Waals surface area contributed by atoms with Gasteiger partial charge in [-0.15, -0.1) is 0 Å². The summed E-state index contributed by atoms with van der Waals surface area (Å²) in [6.07, 6.45) is 3.10. The molecule has 0 bridgehead atoms. The van der Waals surface area contributed by atoms with E-state index in [0.717, 1.165) is 31.6 Å². The van der Waals surface area contributed by atoms with Crippen LogP contribution in [0.1, 0.15) is 46.1 Å². The lowest BCUT2D eigenvalue weighted by Gasteiger charge is -2.31. The Labute approximate surface area is 123 Å². The van der Waals surface area contributed by atoms with Crippen LogP contribution in [0.3, 0.4) is 0 Å². The van der Waals surface area contributed by atoms with E-state index in [2.05, 4.69) is 24.4 Å². The summed E-state index contributed by atoms with van der Waals surface area (Å²) in [7, 11) is 0. The third kappa shape index (κ3) is 5.51. The fraction of sp³-hybridized carbons (Fsp3) is 0.647. The number of nitrogens with one attached hydrogen (secondary N) is 1. The van der Waals surface area contributed by atoms with Crippen LogP contribution in [0, 0.1) is 0 Å². The van der Waals surface area contributed by atoms with Gasteiger partial charge in [-0.05, 0) is 44.5 Å². The molecule has 1 aromatic carbocycles. The summed E-state index contributed by atoms with van der Waals surface area (Å²) in [5.74, 6) is 0.897. The lowest BCUT2D eigenvalue weighted by molar-refractivity contribution is 0.111. The van der Waals surface area contributed by atoms with Gasteiger partial charge in [0, 0.05) is 12.0 Å². The molecule has 1 aromatic rings. The number of ether oxygens (including phenoxy) is 1. The van der Waals surface area contributed by atoms with Crippen LogP contribution in [0.15, 0.2) is 24.3 Å². The number of aliphatic hydroxyl groups excluding tert-OH is 1. The van der Waals surface area contributed by atoms with Crippen molar-refractivity contribution >= 4 is 0 Å². The highest BCUT2D eigenvalue weighted by atomic mass is 16.5. The van der Waals surface area contributed by atoms with Crippen LogP contribution >= 0.6 is 0 Å². The second-order valence-corrected chi connectivity index (χ2v) is 5.78. The van der Waals surface area contributed by atoms with E-state index in [1.807, 2.05) is 32.9 Å². The van der Waals surface area contributed by atoms with E-state index < -0.39 is 0 Å². The van der Waals surface area contributed by atoms with E-state index in [4.69, 9.17) is 4.74 Å². The van der Waals surface area contributed by atoms with Crippen molar-refractivity contribution in [2.75, 3.05) is 13.2 Å². The normalized spacial score (nSPS) is 15.7. The Morgan fingerprint density at radius 1 is 1.25 bits per heavy atom. The molecule has 0 saturated carbocycles. The molecule has 0 amide bonds. The predicted octanol–water partition coefficient (Wildman–Crippen LogP) is 3.16. The summed E-state index contributed by atoms with van der Waals surface area (Å²) in [6, 6.07) is 8.32. The molecule has 20 heavy (non-hydrogen) atoms. The van der Waals surface area contributed by atoms with Crippen LogP contribution in [-0.4, -0.2) is 29.9 Å². The molecule has 0 saturated heterocycles. The zero-order valence-electron chi connectivity index (χ0n) is 13.3. The van der Waals surface area contributed by atoms with Crippen molar-refractivity contribution in [2.45, 2.75) is 58.6 Å². The summed E-state index contributed by atoms with van der Waals surface area (Å²) in [4.78, 5) is 0. The van der Waals surface area contributed by atoms with Gasteiger partial charge in [-0.2, -0.15) is 0 Å². The SMILES string of the molecule is CCCc1ccc(OC(C)CC(C)(CO)NCC)cc1. The van der Waals surface area contributed by atoms with Gasteiger partial charge in [0.15, 0.2) is 0 Å². The highest BCUT2D eigenvalue weighted by molar-refractivity contribution is 5.27. The van der Waals surface area contributed by atoms with E-state index in [9.17, 15) is 5.11 Å². The molecular weight excluding hydrogens is 250 g/mol. The van der Waals surface area contributed by atoms with Gasteiger partial charge in [0.2, 0.25) is 0 Å². The number of likely N-dealkylation sites (N-methyl/N-ethyl adjacent to an activating group) is 1. The summed E-state index contributed by atoms with van der Waals surface area (Å²) in [5.41, 5.74) is 1.07. The first-order chi connectivity index (χ1) is 9.53. The molecule has 0 aliphatic heterocycles. The van der Waals surface area contributed by atoms with Crippen LogP contribution in [0.2, 0.25) is 0 Å². The van der Waals surface area contributed by atoms with E-state index in [1.54, 1.807) is 0 Å². The predicted molar refractivity (Wildman–Crippen MR) is 84.3 cm³/mol. The van der Waals surface area contributed by atoms with E-state index in [0.29, 0.717) is 0 Å². The van der Waals surface area contributed by atoms with Crippen LogP contribution in [-0.2, 0) is 6.42 Å². The largest absolute Gasteiger partial charge is 0.491 e. The Morgan fingerprint density at radius 2 is 1.90 bits per heavy atom. The van der Waals surface area contributed by atoms with E-state index in [-0.39, 0.29) is 18.2 Å². The molecular formula is C17H29NO2. The van der Waals surface area contributed by atoms with Gasteiger partial charge in [-0.3, -0.25) is 0 Å². The Balaban J connectivity index is 2.54. The van der Waals surface area contributed by atoms with Crippen LogP contribution in [0.5, 0.6) is 5.75 Å². The number of hydrogen-bond acceptors (Lipinski definition) is 3. The molecule has 0 radical (unpaired) electrons. The van der Waals surface area contributed by atoms with Crippen LogP contribution in [0.25, 0.3) is 0 Å². The maximum Gasteiger partial charge on any atom is 0.119 e. The highest BCUT2D eigenvalue weighted by Crippen LogP contribution is 2.19. The van der Waals surface area contributed by atoms with Crippen molar-refractivity contribution in [3.63, 3.8) is 0 Å². The molecule has 2 N–H and O–H groups in total. The molecule has 0 spiro atoms. The third-order valence-corrected chi connectivity index (χ3v) is 3.49. The smallest absolute Gasteiger partial charge is 0.119 e. The molecule has 3 heteroatoms. The lowest BCUT2D eigenvalue weighted by atomic mass is 9.95. The molecule has 2 unspecified atom stereocenters. The number of rotatable bonds is 9. The molecule has 2 atom stereocenters. The van der Waals surface area contributed by atoms with Crippen molar-refractivity contribution in [2.24, 2.45) is 0 Å². The molecule has 0 fully saturated rings. The fourth-order valence-corrected chi connectivity index (χ4v) is 2.55. The molecule has 0 aliphatic carbocycles. The molecule has 3 nitrogen and oxygen atoms in total. The summed E-state index contributed by atoms with van der Waals surface area (Å²) < 4.78 is 5.94. The molecule has 0 aliphatic rings. The number of hydrogen-bond donors (Lipinski definition) is 2. The molecule has 1 rings (SSSR count). The van der Waals surface area contributed by atoms with Gasteiger partial charge in [0.1, 0.15) is 5.75 Å². The van der Waals surface area contributed by atoms with Crippen molar-refractivity contribution in [1.29, 1.82) is 0 Å². The van der Waals surface area contributed by atoms with Gasteiger partial charge >= 0.3 is 0 Å². The number of benzene rings is 1. The van der Waals surface area contributed by atoms with Crippen LogP contribution in [0.4, 0.5) is 0 Å². The zero-order chi connectivity index (χ0) is 15.0. The zero-order valence-corrected chi connectivity index (χ0v) is 13.3. The van der Waals surface area contributed by atoms with Gasteiger partial charge in [0.05, 0.1) is 12.7 Å². The van der Waals surface area contributed by atoms with Crippen molar-refractivity contribution in [3.8, 4) is 5.75 Å². The second kappa shape index (κ2) is 8.28. The van der Waals surface area contributed by atoms with E-state index in [1.165, 1.54) is 5.56 Å². The average Bonchev–Trinajstić information content (AvgIpc) is 2.41. The van der Waals surface area contributed by atoms with Gasteiger partial charge in [0.25, 0.3) is 0 Å². The van der Waals surface area contributed by atoms with Gasteiger partial charge < -0.3 is 15.2 Å². The first-order valence-corrected chi connectivity index (χ1v) is 7.64. The average molecular weight is 279 g/mol. The Morgan fingerprint density at radius 3 is 2.40 bits per heavy atom. The molecule has 0 heterocycles. The topological polar surface area (TPSA) is 41.5 Å². The molecule has 114 valence electrons. The minimum atomic E-state index is -0.281. The Kier molecular flexibility index (Phi) is 7.03. The maximum absolute atomic E-state index is 9.51. The fourth-order valence-electron chi connectivity index (χ4n) is 2.55. The monoisotopic (exact) mass is 279 g/mol. The molecule has 0 aromatic heterocycles. The van der Waals surface area contributed by atoms with Gasteiger partial charge in [-0.1, -0.05) is 32.4 Å². The Bertz CT molecular complexity index is 377.